The van der Waals surface area contributed by atoms with Crippen molar-refractivity contribution in [3.05, 3.63) is 40.9 Å². The van der Waals surface area contributed by atoms with Crippen molar-refractivity contribution in [2.24, 2.45) is 0 Å². The van der Waals surface area contributed by atoms with Gasteiger partial charge in [0.1, 0.15) is 0 Å². The maximum atomic E-state index is 6.37. The molecule has 2 aromatic rings. The van der Waals surface area contributed by atoms with E-state index in [1.807, 2.05) is 24.8 Å². The Bertz CT molecular complexity index is 554. The van der Waals surface area contributed by atoms with Gasteiger partial charge in [-0.15, -0.1) is 0 Å². The summed E-state index contributed by atoms with van der Waals surface area (Å²) in [6, 6.07) is 1.91. The van der Waals surface area contributed by atoms with E-state index in [0.717, 1.165) is 30.9 Å². The van der Waals surface area contributed by atoms with Gasteiger partial charge in [0.15, 0.2) is 0 Å². The Morgan fingerprint density at radius 3 is 2.76 bits per heavy atom. The lowest BCUT2D eigenvalue weighted by Gasteiger charge is -2.21. The summed E-state index contributed by atoms with van der Waals surface area (Å²) in [6.45, 7) is 4.58. The van der Waals surface area contributed by atoms with Crippen molar-refractivity contribution in [1.29, 1.82) is 0 Å². The second-order valence-corrected chi connectivity index (χ2v) is 5.48. The minimum atomic E-state index is -0.0392. The number of likely N-dealkylation sites (N-methyl/N-ethyl adjacent to an activating group) is 1. The second-order valence-electron chi connectivity index (χ2n) is 5.07. The number of hydrogen-bond donors (Lipinski definition) is 1. The van der Waals surface area contributed by atoms with E-state index in [4.69, 9.17) is 11.6 Å². The fraction of sp³-hybridized carbons (Fsp3) is 0.500. The predicted octanol–water partition coefficient (Wildman–Crippen LogP) is 1.59. The minimum Gasteiger partial charge on any atom is -0.308 e. The molecule has 0 aliphatic carbocycles. The summed E-state index contributed by atoms with van der Waals surface area (Å²) < 4.78 is 1.95. The highest BCUT2D eigenvalue weighted by Crippen LogP contribution is 2.27. The molecule has 0 aliphatic heterocycles. The molecule has 0 saturated carbocycles. The molecule has 1 N–H and O–H groups in total. The van der Waals surface area contributed by atoms with Crippen molar-refractivity contribution in [3.63, 3.8) is 0 Å². The summed E-state index contributed by atoms with van der Waals surface area (Å²) in [6.07, 6.45) is 5.15. The van der Waals surface area contributed by atoms with Crippen LogP contribution in [0.15, 0.2) is 24.7 Å². The third-order valence-electron chi connectivity index (χ3n) is 3.21. The van der Waals surface area contributed by atoms with E-state index < -0.39 is 0 Å². The molecule has 2 heterocycles. The molecule has 1 unspecified atom stereocenters. The van der Waals surface area contributed by atoms with Crippen LogP contribution in [0.3, 0.4) is 0 Å². The van der Waals surface area contributed by atoms with Crippen LogP contribution >= 0.6 is 11.6 Å². The lowest BCUT2D eigenvalue weighted by molar-refractivity contribution is 0.365. The van der Waals surface area contributed by atoms with Crippen molar-refractivity contribution in [3.8, 4) is 0 Å². The Morgan fingerprint density at radius 1 is 1.33 bits per heavy atom. The van der Waals surface area contributed by atoms with E-state index in [9.17, 15) is 0 Å². The first-order chi connectivity index (χ1) is 10.1. The normalized spacial score (nSPS) is 12.8. The molecule has 2 aromatic heterocycles. The summed E-state index contributed by atoms with van der Waals surface area (Å²) in [5.74, 6) is 0. The third-order valence-corrected chi connectivity index (χ3v) is 3.51. The Morgan fingerprint density at radius 2 is 2.14 bits per heavy atom. The van der Waals surface area contributed by atoms with E-state index in [1.54, 1.807) is 18.6 Å². The maximum Gasteiger partial charge on any atom is 0.0837 e. The van der Waals surface area contributed by atoms with Crippen LogP contribution in [0.2, 0.25) is 5.02 Å². The Balaban J connectivity index is 2.34. The number of rotatable bonds is 7. The van der Waals surface area contributed by atoms with E-state index in [0.29, 0.717) is 5.02 Å². The van der Waals surface area contributed by atoms with Crippen LogP contribution in [0, 0.1) is 0 Å². The van der Waals surface area contributed by atoms with Crippen molar-refractivity contribution in [1.82, 2.24) is 30.2 Å². The maximum absolute atomic E-state index is 6.37. The summed E-state index contributed by atoms with van der Waals surface area (Å²) in [7, 11) is 4.08. The van der Waals surface area contributed by atoms with Gasteiger partial charge in [0.05, 0.1) is 35.7 Å². The molecule has 0 aromatic carbocycles. The molecule has 0 saturated heterocycles. The van der Waals surface area contributed by atoms with Crippen molar-refractivity contribution < 1.29 is 0 Å². The summed E-state index contributed by atoms with van der Waals surface area (Å²) >= 11 is 6.37. The zero-order valence-electron chi connectivity index (χ0n) is 12.6. The zero-order chi connectivity index (χ0) is 15.2. The van der Waals surface area contributed by atoms with Crippen LogP contribution < -0.4 is 5.32 Å². The first kappa shape index (κ1) is 15.9. The number of aromatic nitrogens is 4. The lowest BCUT2D eigenvalue weighted by atomic mass is 10.1. The Kier molecular flexibility index (Phi) is 5.67. The van der Waals surface area contributed by atoms with Gasteiger partial charge in [-0.05, 0) is 32.3 Å². The van der Waals surface area contributed by atoms with Crippen LogP contribution in [-0.4, -0.2) is 52.1 Å². The Hall–Kier alpha value is -1.50. The monoisotopic (exact) mass is 308 g/mol. The minimum absolute atomic E-state index is 0.0392. The molecule has 0 amide bonds. The molecule has 2 rings (SSSR count). The van der Waals surface area contributed by atoms with Crippen LogP contribution in [0.4, 0.5) is 0 Å². The molecule has 0 radical (unpaired) electrons. The SMILES string of the molecule is CCNC(c1ccnnc1)c1c(Cl)cnn1CCN(C)C. The molecule has 21 heavy (non-hydrogen) atoms. The predicted molar refractivity (Wildman–Crippen MR) is 83.3 cm³/mol. The number of halogens is 1. The molecule has 0 aliphatic rings. The van der Waals surface area contributed by atoms with Crippen molar-refractivity contribution >= 4 is 11.6 Å². The number of nitrogens with zero attached hydrogens (tertiary/aromatic N) is 5. The highest BCUT2D eigenvalue weighted by atomic mass is 35.5. The highest BCUT2D eigenvalue weighted by Gasteiger charge is 2.21. The molecule has 6 nitrogen and oxygen atoms in total. The molecule has 114 valence electrons. The van der Waals surface area contributed by atoms with E-state index in [1.165, 1.54) is 0 Å². The highest BCUT2D eigenvalue weighted by molar-refractivity contribution is 6.31. The summed E-state index contributed by atoms with van der Waals surface area (Å²) in [5.41, 5.74) is 1.99. The Labute approximate surface area is 130 Å². The van der Waals surface area contributed by atoms with E-state index in [-0.39, 0.29) is 6.04 Å². The largest absolute Gasteiger partial charge is 0.308 e. The van der Waals surface area contributed by atoms with Crippen LogP contribution in [0.1, 0.15) is 24.2 Å². The van der Waals surface area contributed by atoms with Gasteiger partial charge in [0, 0.05) is 12.7 Å². The summed E-state index contributed by atoms with van der Waals surface area (Å²) in [4.78, 5) is 2.12. The van der Waals surface area contributed by atoms with Crippen molar-refractivity contribution in [2.75, 3.05) is 27.2 Å². The van der Waals surface area contributed by atoms with Crippen LogP contribution in [0.5, 0.6) is 0 Å². The van der Waals surface area contributed by atoms with Gasteiger partial charge in [-0.1, -0.05) is 18.5 Å². The number of nitrogens with one attached hydrogen (secondary N) is 1. The average molecular weight is 309 g/mol. The molecule has 7 heteroatoms. The molecule has 0 spiro atoms. The molecule has 0 fully saturated rings. The molecular weight excluding hydrogens is 288 g/mol. The fourth-order valence-corrected chi connectivity index (χ4v) is 2.43. The van der Waals surface area contributed by atoms with Crippen LogP contribution in [-0.2, 0) is 6.54 Å². The zero-order valence-corrected chi connectivity index (χ0v) is 13.4. The topological polar surface area (TPSA) is 58.9 Å². The first-order valence-corrected chi connectivity index (χ1v) is 7.37. The fourth-order valence-electron chi connectivity index (χ4n) is 2.18. The number of hydrogen-bond acceptors (Lipinski definition) is 5. The van der Waals surface area contributed by atoms with Gasteiger partial charge in [-0.25, -0.2) is 0 Å². The van der Waals surface area contributed by atoms with Gasteiger partial charge < -0.3 is 10.2 Å². The van der Waals surface area contributed by atoms with Gasteiger partial charge in [-0.3, -0.25) is 4.68 Å². The molecule has 0 bridgehead atoms. The lowest BCUT2D eigenvalue weighted by Crippen LogP contribution is -2.27. The summed E-state index contributed by atoms with van der Waals surface area (Å²) in [5, 5.41) is 16.3. The first-order valence-electron chi connectivity index (χ1n) is 6.99. The molecule has 1 atom stereocenters. The smallest absolute Gasteiger partial charge is 0.0837 e. The third kappa shape index (κ3) is 4.00. The quantitative estimate of drug-likeness (QED) is 0.841. The standard InChI is InChI=1S/C14H21ClN6/c1-4-16-13(11-5-6-17-18-9-11)14-12(15)10-19-21(14)8-7-20(2)3/h5-6,9-10,13,16H,4,7-8H2,1-3H3. The second kappa shape index (κ2) is 7.49. The van der Waals surface area contributed by atoms with Gasteiger partial charge in [0.25, 0.3) is 0 Å². The average Bonchev–Trinajstić information content (AvgIpc) is 2.84. The van der Waals surface area contributed by atoms with Crippen LogP contribution in [0.25, 0.3) is 0 Å². The van der Waals surface area contributed by atoms with Crippen molar-refractivity contribution in [2.45, 2.75) is 19.5 Å². The molecular formula is C14H21ClN6. The van der Waals surface area contributed by atoms with E-state index in [2.05, 4.69) is 32.4 Å². The van der Waals surface area contributed by atoms with E-state index >= 15 is 0 Å². The van der Waals surface area contributed by atoms with Gasteiger partial charge >= 0.3 is 0 Å². The van der Waals surface area contributed by atoms with Gasteiger partial charge in [0.2, 0.25) is 0 Å². The van der Waals surface area contributed by atoms with Gasteiger partial charge in [-0.2, -0.15) is 15.3 Å².